The maximum Gasteiger partial charge on any atom is 0.164 e. The van der Waals surface area contributed by atoms with Gasteiger partial charge in [0.05, 0.1) is 20.6 Å². The minimum atomic E-state index is -0.816. The predicted octanol–water partition coefficient (Wildman–Crippen LogP) is 12.5. The summed E-state index contributed by atoms with van der Waals surface area (Å²) in [6, 6.07) is 12.0. The summed E-state index contributed by atoms with van der Waals surface area (Å²) < 4.78 is 140. The van der Waals surface area contributed by atoms with Gasteiger partial charge >= 0.3 is 0 Å². The summed E-state index contributed by atoms with van der Waals surface area (Å²) in [5, 5.41) is 1.58. The van der Waals surface area contributed by atoms with Crippen LogP contribution in [0, 0.1) is 0 Å². The van der Waals surface area contributed by atoms with Crippen molar-refractivity contribution >= 4 is 53.4 Å². The molecule has 5 heteroatoms. The lowest BCUT2D eigenvalue weighted by molar-refractivity contribution is 0.669. The Bertz CT molecular complexity index is 3740. The van der Waals surface area contributed by atoms with E-state index in [2.05, 4.69) is 4.98 Å². The van der Waals surface area contributed by atoms with Gasteiger partial charge in [0.15, 0.2) is 17.5 Å². The van der Waals surface area contributed by atoms with Gasteiger partial charge in [-0.05, 0) is 64.6 Å². The van der Waals surface area contributed by atoms with E-state index >= 15 is 0 Å². The predicted molar refractivity (Wildman–Crippen MR) is 207 cm³/mol. The second-order valence-corrected chi connectivity index (χ2v) is 12.3. The molecule has 3 heterocycles. The van der Waals surface area contributed by atoms with E-state index in [0.717, 1.165) is 22.1 Å². The van der Waals surface area contributed by atoms with Gasteiger partial charge in [-0.15, -0.1) is 11.3 Å². The molecule has 0 bridgehead atoms. The maximum atomic E-state index is 9.59. The van der Waals surface area contributed by atoms with Gasteiger partial charge in [-0.25, -0.2) is 15.0 Å². The van der Waals surface area contributed by atoms with Gasteiger partial charge in [0.25, 0.3) is 0 Å². The van der Waals surface area contributed by atoms with Crippen molar-refractivity contribution in [1.29, 1.82) is 0 Å². The molecule has 7 aromatic carbocycles. The first kappa shape index (κ1) is 17.3. The minimum Gasteiger partial charge on any atom is -0.456 e. The van der Waals surface area contributed by atoms with Crippen LogP contribution in [0.2, 0.25) is 0 Å². The van der Waals surface area contributed by atoms with Crippen LogP contribution in [0.1, 0.15) is 20.6 Å². The molecule has 0 aliphatic heterocycles. The van der Waals surface area contributed by atoms with Crippen LogP contribution >= 0.6 is 11.3 Å². The van der Waals surface area contributed by atoms with Gasteiger partial charge in [-0.1, -0.05) is 121 Å². The van der Waals surface area contributed by atoms with E-state index in [1.165, 1.54) is 0 Å². The smallest absolute Gasteiger partial charge is 0.164 e. The second kappa shape index (κ2) is 11.6. The lowest BCUT2D eigenvalue weighted by Crippen LogP contribution is -2.00. The Hall–Kier alpha value is -6.43. The maximum absolute atomic E-state index is 9.59. The third-order valence-corrected chi connectivity index (χ3v) is 9.18. The SMILES string of the molecule is [2H]c1c([2H])c(-c2nc(-c3ccccc3)nc(-c3ccc4c(c3)oc3ccccc34)n2)c([2H])c(-c2c([2H])c([2H])c([2H])c(-c3c([2H])c([2H])c4c(sc5c([2H])c([2H])c([2H])c([2H])c54)c3[2H])c2[2H])c1[2H]. The van der Waals surface area contributed by atoms with E-state index in [9.17, 15) is 4.11 Å². The first-order valence-corrected chi connectivity index (χ1v) is 16.2. The third kappa shape index (κ3) is 4.95. The second-order valence-electron chi connectivity index (χ2n) is 11.2. The highest BCUT2D eigenvalue weighted by Crippen LogP contribution is 2.38. The van der Waals surface area contributed by atoms with Crippen LogP contribution in [0.5, 0.6) is 0 Å². The highest BCUT2D eigenvalue weighted by Gasteiger charge is 2.15. The molecule has 10 aromatic rings. The van der Waals surface area contributed by atoms with Gasteiger partial charge < -0.3 is 4.42 Å². The standard InChI is InChI=1S/C45H27N3OS/c1-2-10-28(11-3-1)43-46-44(48-45(47-43)34-21-22-36-35-16-4-6-18-39(35)49-40(36)26-34)33-15-9-14-31(25-33)29-12-8-13-30(24-29)32-20-23-38-37-17-5-7-19-41(37)50-42(38)27-32/h1-27H/i5D,7D,8D,9D,12D,13D,14D,15D,17D,19D,20D,23D,24D,25D,27D. The first-order valence-electron chi connectivity index (χ1n) is 22.9. The average Bonchev–Trinajstić information content (AvgIpc) is 3.90. The molecule has 4 nitrogen and oxygen atoms in total. The van der Waals surface area contributed by atoms with E-state index in [-0.39, 0.29) is 43.2 Å². The van der Waals surface area contributed by atoms with Crippen molar-refractivity contribution in [2.24, 2.45) is 0 Å². The van der Waals surface area contributed by atoms with Gasteiger partial charge in [0, 0.05) is 47.6 Å². The zero-order chi connectivity index (χ0) is 46.1. The van der Waals surface area contributed by atoms with Crippen LogP contribution in [0.15, 0.2) is 168 Å². The summed E-state index contributed by atoms with van der Waals surface area (Å²) in [4.78, 5) is 14.1. The Balaban J connectivity index is 1.23. The van der Waals surface area contributed by atoms with Crippen LogP contribution in [-0.4, -0.2) is 15.0 Å². The number of para-hydroxylation sites is 1. The Morgan fingerprint density at radius 3 is 1.86 bits per heavy atom. The number of fused-ring (bicyclic) bond motifs is 6. The number of aromatic nitrogens is 3. The van der Waals surface area contributed by atoms with Gasteiger partial charge in [-0.2, -0.15) is 0 Å². The molecule has 0 atom stereocenters. The fourth-order valence-corrected chi connectivity index (χ4v) is 6.76. The summed E-state index contributed by atoms with van der Waals surface area (Å²) in [7, 11) is 0. The van der Waals surface area contributed by atoms with Crippen molar-refractivity contribution in [1.82, 2.24) is 15.0 Å². The number of benzene rings is 7. The highest BCUT2D eigenvalue weighted by atomic mass is 32.1. The molecule has 0 aliphatic carbocycles. The Kier molecular flexibility index (Phi) is 4.02. The minimum absolute atomic E-state index is 0.0285. The summed E-state index contributed by atoms with van der Waals surface area (Å²) in [6.07, 6.45) is 0. The molecule has 0 aliphatic rings. The molecule has 0 fully saturated rings. The van der Waals surface area contributed by atoms with E-state index in [1.807, 2.05) is 30.3 Å². The summed E-state index contributed by atoms with van der Waals surface area (Å²) >= 11 is 0.774. The van der Waals surface area contributed by atoms with Crippen molar-refractivity contribution in [3.05, 3.63) is 163 Å². The summed E-state index contributed by atoms with van der Waals surface area (Å²) in [5.74, 6) is -0.0121. The van der Waals surface area contributed by atoms with Crippen LogP contribution < -0.4 is 0 Å². The molecule has 234 valence electrons. The quantitative estimate of drug-likeness (QED) is 0.183. The lowest BCUT2D eigenvalue weighted by Gasteiger charge is -2.10. The van der Waals surface area contributed by atoms with E-state index in [0.29, 0.717) is 22.3 Å². The number of rotatable bonds is 5. The number of thiophene rings is 1. The summed E-state index contributed by atoms with van der Waals surface area (Å²) in [6.45, 7) is 0. The molecule has 3 aromatic heterocycles. The zero-order valence-electron chi connectivity index (χ0n) is 40.6. The Morgan fingerprint density at radius 1 is 0.420 bits per heavy atom. The molecular formula is C45H27N3OS. The Labute approximate surface area is 313 Å². The van der Waals surface area contributed by atoms with Gasteiger partial charge in [0.2, 0.25) is 0 Å². The molecular weight excluding hydrogens is 631 g/mol. The molecule has 10 rings (SSSR count). The van der Waals surface area contributed by atoms with Crippen molar-refractivity contribution in [3.63, 3.8) is 0 Å². The van der Waals surface area contributed by atoms with E-state index in [1.54, 1.807) is 42.5 Å². The van der Waals surface area contributed by atoms with Crippen molar-refractivity contribution in [3.8, 4) is 56.4 Å². The highest BCUT2D eigenvalue weighted by molar-refractivity contribution is 7.25. The molecule has 0 amide bonds. The molecule has 0 radical (unpaired) electrons. The molecule has 50 heavy (non-hydrogen) atoms. The molecule has 0 N–H and O–H groups in total. The van der Waals surface area contributed by atoms with Crippen LogP contribution in [0.3, 0.4) is 0 Å². The zero-order valence-corrected chi connectivity index (χ0v) is 26.4. The Morgan fingerprint density at radius 2 is 1.04 bits per heavy atom. The first-order chi connectivity index (χ1) is 31.0. The van der Waals surface area contributed by atoms with Crippen molar-refractivity contribution in [2.75, 3.05) is 0 Å². The number of nitrogens with zero attached hydrogens (tertiary/aromatic N) is 3. The summed E-state index contributed by atoms with van der Waals surface area (Å²) in [5.41, 5.74) is -0.303. The molecule has 0 spiro atoms. The molecule has 0 unspecified atom stereocenters. The van der Waals surface area contributed by atoms with Crippen LogP contribution in [-0.2, 0) is 0 Å². The number of furan rings is 1. The van der Waals surface area contributed by atoms with E-state index in [4.69, 9.17) is 30.8 Å². The largest absolute Gasteiger partial charge is 0.456 e. The van der Waals surface area contributed by atoms with Gasteiger partial charge in [-0.3, -0.25) is 0 Å². The fraction of sp³-hybridized carbons (Fsp3) is 0. The van der Waals surface area contributed by atoms with Crippen LogP contribution in [0.4, 0.5) is 0 Å². The lowest BCUT2D eigenvalue weighted by atomic mass is 9.97. The topological polar surface area (TPSA) is 51.8 Å². The normalized spacial score (nSPS) is 15.8. The van der Waals surface area contributed by atoms with Crippen LogP contribution in [0.25, 0.3) is 98.5 Å². The van der Waals surface area contributed by atoms with Gasteiger partial charge in [0.1, 0.15) is 11.2 Å². The number of hydrogen-bond acceptors (Lipinski definition) is 5. The van der Waals surface area contributed by atoms with Crippen molar-refractivity contribution in [2.45, 2.75) is 0 Å². The monoisotopic (exact) mass is 672 g/mol. The van der Waals surface area contributed by atoms with E-state index < -0.39 is 113 Å². The van der Waals surface area contributed by atoms with Crippen molar-refractivity contribution < 1.29 is 25.0 Å². The third-order valence-electron chi connectivity index (χ3n) is 8.16. The molecule has 0 saturated heterocycles. The molecule has 0 saturated carbocycles. The number of hydrogen-bond donors (Lipinski definition) is 0. The fourth-order valence-electron chi connectivity index (χ4n) is 5.79. The average molecular weight is 673 g/mol.